The highest BCUT2D eigenvalue weighted by Gasteiger charge is 2.10. The normalized spacial score (nSPS) is 10.3. The average molecular weight is 195 g/mol. The molecule has 0 spiro atoms. The highest BCUT2D eigenvalue weighted by molar-refractivity contribution is 7.07. The number of hydrogen-bond acceptors (Lipinski definition) is 5. The van der Waals surface area contributed by atoms with Gasteiger partial charge in [-0.25, -0.2) is 4.98 Å². The minimum Gasteiger partial charge on any atom is -0.357 e. The van der Waals surface area contributed by atoms with Crippen LogP contribution in [0.3, 0.4) is 0 Å². The van der Waals surface area contributed by atoms with Crippen LogP contribution in [0.15, 0.2) is 10.9 Å². The van der Waals surface area contributed by atoms with Crippen LogP contribution in [0.5, 0.6) is 0 Å². The first kappa shape index (κ1) is 8.18. The lowest BCUT2D eigenvalue weighted by Gasteiger charge is -1.99. The number of hydrogen-bond donors (Lipinski definition) is 1. The van der Waals surface area contributed by atoms with Gasteiger partial charge in [0.2, 0.25) is 5.95 Å². The van der Waals surface area contributed by atoms with Crippen LogP contribution in [0.4, 0.5) is 5.95 Å². The summed E-state index contributed by atoms with van der Waals surface area (Å²) in [6, 6.07) is 0. The molecule has 0 bridgehead atoms. The Kier molecular flexibility index (Phi) is 1.97. The second-order valence-corrected chi connectivity index (χ2v) is 3.25. The zero-order chi connectivity index (χ0) is 9.26. The van der Waals surface area contributed by atoms with Gasteiger partial charge in [-0.1, -0.05) is 0 Å². The molecule has 5 nitrogen and oxygen atoms in total. The number of nitrogens with zero attached hydrogens (tertiary/aromatic N) is 4. The third kappa shape index (κ3) is 1.29. The van der Waals surface area contributed by atoms with E-state index in [-0.39, 0.29) is 0 Å². The lowest BCUT2D eigenvalue weighted by molar-refractivity contribution is 0.921. The Morgan fingerprint density at radius 3 is 2.85 bits per heavy atom. The zero-order valence-corrected chi connectivity index (χ0v) is 8.17. The highest BCUT2D eigenvalue weighted by Crippen LogP contribution is 2.18. The molecule has 0 amide bonds. The fourth-order valence-corrected chi connectivity index (χ4v) is 1.62. The summed E-state index contributed by atoms with van der Waals surface area (Å²) in [7, 11) is 3.72. The van der Waals surface area contributed by atoms with Crippen molar-refractivity contribution in [1.29, 1.82) is 0 Å². The summed E-state index contributed by atoms with van der Waals surface area (Å²) in [5.41, 5.74) is 2.64. The summed E-state index contributed by atoms with van der Waals surface area (Å²) >= 11 is 1.55. The van der Waals surface area contributed by atoms with Crippen LogP contribution in [0, 0.1) is 0 Å². The van der Waals surface area contributed by atoms with Gasteiger partial charge in [-0.2, -0.15) is 0 Å². The molecule has 13 heavy (non-hydrogen) atoms. The standard InChI is InChI=1S/C7H9N5S/c1-8-7-11-10-6(12(7)2)5-3-13-4-9-5/h3-4H,1-2H3,(H,8,11). The highest BCUT2D eigenvalue weighted by atomic mass is 32.1. The Balaban J connectivity index is 2.48. The molecule has 0 aromatic carbocycles. The lowest BCUT2D eigenvalue weighted by Crippen LogP contribution is -1.99. The van der Waals surface area contributed by atoms with Gasteiger partial charge in [0.15, 0.2) is 5.82 Å². The first-order chi connectivity index (χ1) is 6.33. The van der Waals surface area contributed by atoms with Gasteiger partial charge < -0.3 is 5.32 Å². The van der Waals surface area contributed by atoms with E-state index in [4.69, 9.17) is 0 Å². The van der Waals surface area contributed by atoms with Gasteiger partial charge >= 0.3 is 0 Å². The molecule has 0 fully saturated rings. The van der Waals surface area contributed by atoms with E-state index in [1.165, 1.54) is 0 Å². The fraction of sp³-hybridized carbons (Fsp3) is 0.286. The van der Waals surface area contributed by atoms with E-state index in [0.29, 0.717) is 0 Å². The molecule has 68 valence electrons. The maximum atomic E-state index is 4.16. The summed E-state index contributed by atoms with van der Waals surface area (Å²) < 4.78 is 1.87. The number of anilines is 1. The van der Waals surface area contributed by atoms with Crippen molar-refractivity contribution in [2.45, 2.75) is 0 Å². The summed E-state index contributed by atoms with van der Waals surface area (Å²) in [6.45, 7) is 0. The van der Waals surface area contributed by atoms with Crippen molar-refractivity contribution in [1.82, 2.24) is 19.7 Å². The van der Waals surface area contributed by atoms with E-state index in [9.17, 15) is 0 Å². The van der Waals surface area contributed by atoms with Crippen molar-refractivity contribution < 1.29 is 0 Å². The smallest absolute Gasteiger partial charge is 0.224 e. The third-order valence-electron chi connectivity index (χ3n) is 1.76. The van der Waals surface area contributed by atoms with Crippen molar-refractivity contribution >= 4 is 17.3 Å². The molecular formula is C7H9N5S. The monoisotopic (exact) mass is 195 g/mol. The molecule has 2 aromatic rings. The molecule has 6 heteroatoms. The summed E-state index contributed by atoms with van der Waals surface area (Å²) in [6.07, 6.45) is 0. The minimum absolute atomic E-state index is 0.739. The molecule has 2 heterocycles. The molecule has 0 radical (unpaired) electrons. The third-order valence-corrected chi connectivity index (χ3v) is 2.35. The summed E-state index contributed by atoms with van der Waals surface area (Å²) in [5.74, 6) is 1.52. The Morgan fingerprint density at radius 2 is 2.31 bits per heavy atom. The fourth-order valence-electron chi connectivity index (χ4n) is 1.09. The van der Waals surface area contributed by atoms with Gasteiger partial charge in [-0.15, -0.1) is 21.5 Å². The summed E-state index contributed by atoms with van der Waals surface area (Å²) in [5, 5.41) is 12.9. The molecule has 0 unspecified atom stereocenters. The SMILES string of the molecule is CNc1nnc(-c2cscn2)n1C. The molecule has 2 rings (SSSR count). The van der Waals surface area contributed by atoms with Crippen LogP contribution in [-0.2, 0) is 7.05 Å². The predicted molar refractivity (Wildman–Crippen MR) is 51.7 cm³/mol. The number of thiazole rings is 1. The van der Waals surface area contributed by atoms with Crippen LogP contribution >= 0.6 is 11.3 Å². The Hall–Kier alpha value is -1.43. The van der Waals surface area contributed by atoms with E-state index < -0.39 is 0 Å². The Morgan fingerprint density at radius 1 is 1.46 bits per heavy atom. The largest absolute Gasteiger partial charge is 0.357 e. The second-order valence-electron chi connectivity index (χ2n) is 2.53. The number of rotatable bonds is 2. The van der Waals surface area contributed by atoms with Gasteiger partial charge in [-0.05, 0) is 0 Å². The molecule has 0 saturated heterocycles. The van der Waals surface area contributed by atoms with Gasteiger partial charge in [0, 0.05) is 19.5 Å². The van der Waals surface area contributed by atoms with E-state index in [2.05, 4.69) is 20.5 Å². The quantitative estimate of drug-likeness (QED) is 0.776. The van der Waals surface area contributed by atoms with Crippen LogP contribution in [-0.4, -0.2) is 26.8 Å². The number of nitrogens with one attached hydrogen (secondary N) is 1. The second kappa shape index (κ2) is 3.14. The first-order valence-corrected chi connectivity index (χ1v) is 4.73. The molecule has 1 N–H and O–H groups in total. The molecule has 0 atom stereocenters. The maximum absolute atomic E-state index is 4.16. The van der Waals surface area contributed by atoms with Crippen molar-refractivity contribution in [3.8, 4) is 11.5 Å². The maximum Gasteiger partial charge on any atom is 0.224 e. The van der Waals surface area contributed by atoms with Gasteiger partial charge in [0.25, 0.3) is 0 Å². The van der Waals surface area contributed by atoms with Gasteiger partial charge in [-0.3, -0.25) is 4.57 Å². The molecular weight excluding hydrogens is 186 g/mol. The van der Waals surface area contributed by atoms with E-state index in [1.807, 2.05) is 24.0 Å². The lowest BCUT2D eigenvalue weighted by atomic mass is 10.5. The van der Waals surface area contributed by atoms with Gasteiger partial charge in [0.1, 0.15) is 5.69 Å². The predicted octanol–water partition coefficient (Wildman–Crippen LogP) is 0.980. The van der Waals surface area contributed by atoms with Crippen LogP contribution in [0.2, 0.25) is 0 Å². The van der Waals surface area contributed by atoms with Crippen LogP contribution < -0.4 is 5.32 Å². The van der Waals surface area contributed by atoms with Crippen molar-refractivity contribution in [2.24, 2.45) is 7.05 Å². The first-order valence-electron chi connectivity index (χ1n) is 3.78. The van der Waals surface area contributed by atoms with Crippen LogP contribution in [0.1, 0.15) is 0 Å². The van der Waals surface area contributed by atoms with Crippen molar-refractivity contribution in [2.75, 3.05) is 12.4 Å². The van der Waals surface area contributed by atoms with Crippen molar-refractivity contribution in [3.05, 3.63) is 10.9 Å². The molecule has 0 aliphatic heterocycles. The number of aromatic nitrogens is 4. The van der Waals surface area contributed by atoms with E-state index >= 15 is 0 Å². The zero-order valence-electron chi connectivity index (χ0n) is 7.35. The van der Waals surface area contributed by atoms with E-state index in [0.717, 1.165) is 17.5 Å². The molecule has 0 aliphatic carbocycles. The summed E-state index contributed by atoms with van der Waals surface area (Å²) in [4.78, 5) is 4.16. The molecule has 0 aliphatic rings. The van der Waals surface area contributed by atoms with Crippen molar-refractivity contribution in [3.63, 3.8) is 0 Å². The average Bonchev–Trinajstić information content (AvgIpc) is 2.72. The topological polar surface area (TPSA) is 55.6 Å². The van der Waals surface area contributed by atoms with Gasteiger partial charge in [0.05, 0.1) is 5.51 Å². The van der Waals surface area contributed by atoms with E-state index in [1.54, 1.807) is 16.8 Å². The Labute approximate surface area is 79.5 Å². The molecule has 2 aromatic heterocycles. The van der Waals surface area contributed by atoms with Crippen LogP contribution in [0.25, 0.3) is 11.5 Å². The molecule has 0 saturated carbocycles. The Bertz CT molecular complexity index is 391. The minimum atomic E-state index is 0.739.